The number of unbranched alkanes of at least 4 members (excludes halogenated alkanes) is 2. The molecule has 1 fully saturated rings. The largest absolute Gasteiger partial charge is 0.456 e. The number of aliphatic hydroxyl groups excluding tert-OH is 3. The van der Waals surface area contributed by atoms with Gasteiger partial charge in [0.15, 0.2) is 18.1 Å². The lowest BCUT2D eigenvalue weighted by Crippen LogP contribution is -2.53. The molecule has 1 unspecified atom stereocenters. The number of nitrogens with one attached hydrogen (secondary N) is 2. The molecular formula is C28H36N4O11. The van der Waals surface area contributed by atoms with Gasteiger partial charge in [0.25, 0.3) is 11.5 Å². The number of carbonyl (C=O) groups is 2. The zero-order chi connectivity index (χ0) is 31.3. The highest BCUT2D eigenvalue weighted by molar-refractivity contribution is 6.02. The van der Waals surface area contributed by atoms with Gasteiger partial charge in [-0.3, -0.25) is 23.9 Å². The molecule has 1 aromatic heterocycles. The van der Waals surface area contributed by atoms with E-state index in [9.17, 15) is 34.5 Å². The number of anilines is 1. The number of nitrogens with zero attached hydrogens (tertiary/aromatic N) is 1. The Labute approximate surface area is 245 Å². The second-order valence-electron chi connectivity index (χ2n) is 10.3. The van der Waals surface area contributed by atoms with Crippen molar-refractivity contribution in [3.8, 4) is 0 Å². The zero-order valence-electron chi connectivity index (χ0n) is 23.6. The third-order valence-electron chi connectivity index (χ3n) is 7.20. The van der Waals surface area contributed by atoms with Crippen molar-refractivity contribution in [1.29, 1.82) is 0 Å². The van der Waals surface area contributed by atoms with Gasteiger partial charge in [0.05, 0.1) is 0 Å². The van der Waals surface area contributed by atoms with E-state index in [-0.39, 0.29) is 0 Å². The molecule has 2 aliphatic rings. The van der Waals surface area contributed by atoms with Crippen molar-refractivity contribution in [2.24, 2.45) is 5.73 Å². The van der Waals surface area contributed by atoms with Crippen LogP contribution in [-0.4, -0.2) is 86.7 Å². The number of benzene rings is 1. The second kappa shape index (κ2) is 14.1. The second-order valence-corrected chi connectivity index (χ2v) is 10.3. The molecule has 15 heteroatoms. The lowest BCUT2D eigenvalue weighted by atomic mass is 10.0. The Morgan fingerprint density at radius 1 is 1.12 bits per heavy atom. The number of hydrogen-bond acceptors (Lipinski definition) is 11. The Balaban J connectivity index is 1.48. The Hall–Kier alpha value is -3.86. The van der Waals surface area contributed by atoms with Crippen molar-refractivity contribution in [3.05, 3.63) is 74.8 Å². The molecule has 1 aromatic carbocycles. The number of nitrogens with two attached hydrogens (primary N) is 1. The summed E-state index contributed by atoms with van der Waals surface area (Å²) < 4.78 is 23.1. The molecule has 3 heterocycles. The van der Waals surface area contributed by atoms with Crippen LogP contribution in [0.2, 0.25) is 0 Å². The Morgan fingerprint density at radius 2 is 1.84 bits per heavy atom. The third kappa shape index (κ3) is 7.38. The molecule has 2 aliphatic heterocycles. The van der Waals surface area contributed by atoms with Gasteiger partial charge in [-0.1, -0.05) is 31.9 Å². The lowest BCUT2D eigenvalue weighted by Gasteiger charge is -2.35. The van der Waals surface area contributed by atoms with E-state index in [1.54, 1.807) is 12.1 Å². The highest BCUT2D eigenvalue weighted by atomic mass is 16.7. The quantitative estimate of drug-likeness (QED) is 0.161. The van der Waals surface area contributed by atoms with Crippen LogP contribution in [0.1, 0.15) is 38.0 Å². The number of aromatic nitrogens is 2. The van der Waals surface area contributed by atoms with E-state index < -0.39 is 78.0 Å². The Kier molecular flexibility index (Phi) is 10.5. The summed E-state index contributed by atoms with van der Waals surface area (Å²) in [6, 6.07) is 8.26. The minimum atomic E-state index is -1.78. The topological polar surface area (TPSA) is 225 Å². The van der Waals surface area contributed by atoms with Crippen molar-refractivity contribution in [2.75, 3.05) is 12.4 Å². The summed E-state index contributed by atoms with van der Waals surface area (Å²) in [5.41, 5.74) is 5.56. The molecule has 0 aliphatic carbocycles. The third-order valence-corrected chi connectivity index (χ3v) is 7.20. The van der Waals surface area contributed by atoms with Crippen molar-refractivity contribution in [1.82, 2.24) is 9.55 Å². The highest BCUT2D eigenvalue weighted by Gasteiger charge is 2.52. The summed E-state index contributed by atoms with van der Waals surface area (Å²) in [5.74, 6) is -2.28. The van der Waals surface area contributed by atoms with Gasteiger partial charge in [0.1, 0.15) is 30.5 Å². The van der Waals surface area contributed by atoms with Crippen LogP contribution >= 0.6 is 0 Å². The van der Waals surface area contributed by atoms with Crippen molar-refractivity contribution in [3.63, 3.8) is 0 Å². The predicted octanol–water partition coefficient (Wildman–Crippen LogP) is -0.986. The van der Waals surface area contributed by atoms with Gasteiger partial charge in [-0.2, -0.15) is 0 Å². The highest BCUT2D eigenvalue weighted by Crippen LogP contribution is 2.34. The molecule has 4 rings (SSSR count). The van der Waals surface area contributed by atoms with E-state index in [0.29, 0.717) is 5.69 Å². The first-order chi connectivity index (χ1) is 20.5. The van der Waals surface area contributed by atoms with E-state index in [2.05, 4.69) is 12.2 Å². The Morgan fingerprint density at radius 3 is 2.47 bits per heavy atom. The number of ether oxygens (including phenoxy) is 4. The van der Waals surface area contributed by atoms with Gasteiger partial charge in [-0.25, -0.2) is 4.79 Å². The summed E-state index contributed by atoms with van der Waals surface area (Å²) >= 11 is 0. The molecule has 2 amide bonds. The summed E-state index contributed by atoms with van der Waals surface area (Å²) in [5, 5.41) is 34.5. The van der Waals surface area contributed by atoms with Gasteiger partial charge >= 0.3 is 5.69 Å². The number of aromatic amines is 1. The SMILES string of the molecule is CCCCCc1ccc(NC(=O)C2=C[C@H](O)[C@H](O)[C@@H](OC(C(N)=O)[C@H]3O[C@@H](n4ccc(=O)[nH]c4=O)[C@H](O)[C@@H]3OC)O2)cc1. The van der Waals surface area contributed by atoms with Crippen LogP contribution in [0.25, 0.3) is 0 Å². The van der Waals surface area contributed by atoms with Crippen LogP contribution in [0.4, 0.5) is 5.69 Å². The maximum atomic E-state index is 13.0. The van der Waals surface area contributed by atoms with Crippen LogP contribution in [0.15, 0.2) is 58.0 Å². The Bertz CT molecular complexity index is 1420. The number of aliphatic hydroxyl groups is 3. The van der Waals surface area contributed by atoms with Gasteiger partial charge in [0.2, 0.25) is 12.2 Å². The maximum Gasteiger partial charge on any atom is 0.330 e. The fourth-order valence-corrected chi connectivity index (χ4v) is 4.91. The lowest BCUT2D eigenvalue weighted by molar-refractivity contribution is -0.241. The molecule has 0 radical (unpaired) electrons. The molecular weight excluding hydrogens is 568 g/mol. The minimum Gasteiger partial charge on any atom is -0.456 e. The molecule has 7 N–H and O–H groups in total. The number of hydrogen-bond donors (Lipinski definition) is 6. The summed E-state index contributed by atoms with van der Waals surface area (Å²) in [7, 11) is 1.21. The average molecular weight is 605 g/mol. The average Bonchev–Trinajstić information content (AvgIpc) is 3.29. The molecule has 15 nitrogen and oxygen atoms in total. The van der Waals surface area contributed by atoms with Crippen molar-refractivity contribution >= 4 is 17.5 Å². The number of methoxy groups -OCH3 is 1. The first kappa shape index (κ1) is 32.1. The van der Waals surface area contributed by atoms with Crippen LogP contribution < -0.4 is 22.3 Å². The normalized spacial score (nSPS) is 27.7. The first-order valence-electron chi connectivity index (χ1n) is 13.8. The summed E-state index contributed by atoms with van der Waals surface area (Å²) in [6.45, 7) is 2.12. The number of carbonyl (C=O) groups excluding carboxylic acids is 2. The monoisotopic (exact) mass is 604 g/mol. The number of rotatable bonds is 12. The van der Waals surface area contributed by atoms with Crippen LogP contribution in [0, 0.1) is 0 Å². The molecule has 1 saturated heterocycles. The van der Waals surface area contributed by atoms with Gasteiger partial charge in [-0.05, 0) is 36.6 Å². The molecule has 2 aromatic rings. The van der Waals surface area contributed by atoms with Crippen molar-refractivity contribution < 1.29 is 43.9 Å². The molecule has 234 valence electrons. The van der Waals surface area contributed by atoms with E-state index in [0.717, 1.165) is 54.2 Å². The fourth-order valence-electron chi connectivity index (χ4n) is 4.91. The molecule has 0 spiro atoms. The van der Waals surface area contributed by atoms with Crippen LogP contribution in [-0.2, 0) is 35.0 Å². The number of H-pyrrole nitrogens is 1. The van der Waals surface area contributed by atoms with E-state index in [4.69, 9.17) is 24.7 Å². The summed E-state index contributed by atoms with van der Waals surface area (Å²) in [6.07, 6.45) is -6.36. The first-order valence-corrected chi connectivity index (χ1v) is 13.8. The smallest absolute Gasteiger partial charge is 0.330 e. The van der Waals surface area contributed by atoms with Crippen LogP contribution in [0.5, 0.6) is 0 Å². The van der Waals surface area contributed by atoms with Gasteiger partial charge in [-0.15, -0.1) is 0 Å². The standard InChI is InChI=1S/C28H36N4O11/c1-3-4-5-6-14-7-9-15(10-8-14)30-25(38)17-13-16(33)19(35)27(41-17)43-23(24(29)37)22-21(40-2)20(36)26(42-22)32-12-11-18(34)31-28(32)39/h7-13,16,19-23,26-27,33,35-36H,3-6H2,1-2H3,(H2,29,37)(H,30,38)(H,31,34,39)/t16-,19-,20+,21-,22-,23?,26+,27+/m0/s1. The van der Waals surface area contributed by atoms with Crippen LogP contribution in [0.3, 0.4) is 0 Å². The van der Waals surface area contributed by atoms with Gasteiger partial charge in [0, 0.05) is 25.1 Å². The fraction of sp³-hybridized carbons (Fsp3) is 0.500. The number of primary amides is 1. The zero-order valence-corrected chi connectivity index (χ0v) is 23.6. The molecule has 43 heavy (non-hydrogen) atoms. The molecule has 0 saturated carbocycles. The van der Waals surface area contributed by atoms with E-state index in [1.165, 1.54) is 7.11 Å². The predicted molar refractivity (Wildman–Crippen MR) is 149 cm³/mol. The summed E-state index contributed by atoms with van der Waals surface area (Å²) in [4.78, 5) is 51.3. The molecule has 0 bridgehead atoms. The maximum absolute atomic E-state index is 13.0. The number of amides is 2. The minimum absolute atomic E-state index is 0.397. The molecule has 8 atom stereocenters. The van der Waals surface area contributed by atoms with Gasteiger partial charge < -0.3 is 45.3 Å². The van der Waals surface area contributed by atoms with E-state index >= 15 is 0 Å². The number of aryl methyl sites for hydroxylation is 1. The van der Waals surface area contributed by atoms with E-state index in [1.807, 2.05) is 17.1 Å². The van der Waals surface area contributed by atoms with Crippen molar-refractivity contribution in [2.45, 2.75) is 81.7 Å².